The van der Waals surface area contributed by atoms with Crippen LogP contribution in [0.15, 0.2) is 42.9 Å². The Labute approximate surface area is 185 Å². The number of nitrogens with zero attached hydrogens (tertiary/aromatic N) is 4. The van der Waals surface area contributed by atoms with Crippen molar-refractivity contribution in [2.24, 2.45) is 0 Å². The average molecular weight is 428 g/mol. The van der Waals surface area contributed by atoms with E-state index in [1.807, 2.05) is 18.3 Å². The summed E-state index contributed by atoms with van der Waals surface area (Å²) in [5, 5.41) is 4.38. The minimum Gasteiger partial charge on any atom is -0.379 e. The van der Waals surface area contributed by atoms with Crippen molar-refractivity contribution in [2.45, 2.75) is 44.8 Å². The van der Waals surface area contributed by atoms with Gasteiger partial charge in [-0.2, -0.15) is 0 Å². The van der Waals surface area contributed by atoms with Crippen LogP contribution in [0.25, 0.3) is 0 Å². The average Bonchev–Trinajstić information content (AvgIpc) is 3.35. The molecule has 2 aliphatic rings. The topological polar surface area (TPSA) is 45.6 Å². The zero-order chi connectivity index (χ0) is 21.1. The fourth-order valence-corrected chi connectivity index (χ4v) is 4.64. The Morgan fingerprint density at radius 3 is 2.63 bits per heavy atom. The second kappa shape index (κ2) is 9.04. The van der Waals surface area contributed by atoms with Crippen LogP contribution in [0.1, 0.15) is 50.5 Å². The number of hydrogen-bond donors (Lipinski definition) is 1. The van der Waals surface area contributed by atoms with Crippen molar-refractivity contribution in [1.82, 2.24) is 24.7 Å². The van der Waals surface area contributed by atoms with E-state index in [2.05, 4.69) is 70.0 Å². The largest absolute Gasteiger partial charge is 0.379 e. The van der Waals surface area contributed by atoms with Crippen molar-refractivity contribution in [3.63, 3.8) is 0 Å². The van der Waals surface area contributed by atoms with Crippen LogP contribution in [0.5, 0.6) is 0 Å². The third-order valence-electron chi connectivity index (χ3n) is 6.01. The molecule has 0 spiro atoms. The first kappa shape index (κ1) is 21.3. The molecule has 4 heterocycles. The molecule has 2 unspecified atom stereocenters. The van der Waals surface area contributed by atoms with Crippen molar-refractivity contribution >= 4 is 17.3 Å². The number of hydrogen-bond acceptors (Lipinski definition) is 4. The van der Waals surface area contributed by atoms with Crippen LogP contribution in [0.3, 0.4) is 0 Å². The molecule has 0 bridgehead atoms. The number of rotatable bonds is 6. The molecule has 6 nitrogen and oxygen atoms in total. The maximum absolute atomic E-state index is 5.79. The third kappa shape index (κ3) is 4.68. The Bertz CT molecular complexity index is 841. The first-order valence-corrected chi connectivity index (χ1v) is 11.3. The van der Waals surface area contributed by atoms with E-state index in [1.165, 1.54) is 5.56 Å². The molecule has 0 saturated carbocycles. The number of morpholine rings is 1. The van der Waals surface area contributed by atoms with Gasteiger partial charge in [-0.3, -0.25) is 9.88 Å². The van der Waals surface area contributed by atoms with E-state index in [0.29, 0.717) is 0 Å². The summed E-state index contributed by atoms with van der Waals surface area (Å²) in [6, 6.07) is 8.52. The molecule has 0 amide bonds. The second-order valence-corrected chi connectivity index (χ2v) is 9.54. The summed E-state index contributed by atoms with van der Waals surface area (Å²) >= 11 is 5.79. The van der Waals surface area contributed by atoms with Gasteiger partial charge >= 0.3 is 0 Å². The van der Waals surface area contributed by atoms with Gasteiger partial charge in [0.15, 0.2) is 5.11 Å². The van der Waals surface area contributed by atoms with Gasteiger partial charge in [-0.25, -0.2) is 0 Å². The van der Waals surface area contributed by atoms with Crippen LogP contribution < -0.4 is 5.32 Å². The van der Waals surface area contributed by atoms with Gasteiger partial charge in [-0.15, -0.1) is 0 Å². The summed E-state index contributed by atoms with van der Waals surface area (Å²) in [5.74, 6) is 0. The summed E-state index contributed by atoms with van der Waals surface area (Å²) in [5.41, 5.74) is 2.36. The fraction of sp³-hybridized carbons (Fsp3) is 0.565. The lowest BCUT2D eigenvalue weighted by Gasteiger charge is -2.30. The highest BCUT2D eigenvalue weighted by Gasteiger charge is 2.40. The third-order valence-corrected chi connectivity index (χ3v) is 6.36. The van der Waals surface area contributed by atoms with Gasteiger partial charge in [0.1, 0.15) is 0 Å². The molecule has 0 aliphatic carbocycles. The van der Waals surface area contributed by atoms with E-state index in [9.17, 15) is 0 Å². The first-order valence-electron chi connectivity index (χ1n) is 10.9. The molecular formula is C23H33N5OS. The fourth-order valence-electron chi connectivity index (χ4n) is 4.30. The molecule has 30 heavy (non-hydrogen) atoms. The van der Waals surface area contributed by atoms with Crippen molar-refractivity contribution < 1.29 is 4.74 Å². The molecular weight excluding hydrogens is 394 g/mol. The van der Waals surface area contributed by atoms with Crippen LogP contribution in [0.4, 0.5) is 0 Å². The van der Waals surface area contributed by atoms with Gasteiger partial charge < -0.3 is 19.5 Å². The van der Waals surface area contributed by atoms with Crippen molar-refractivity contribution in [3.8, 4) is 0 Å². The molecule has 0 radical (unpaired) electrons. The quantitative estimate of drug-likeness (QED) is 0.714. The number of aromatic nitrogens is 2. The summed E-state index contributed by atoms with van der Waals surface area (Å²) in [4.78, 5) is 9.48. The predicted molar refractivity (Wildman–Crippen MR) is 123 cm³/mol. The molecule has 4 rings (SSSR count). The Balaban J connectivity index is 1.55. The molecule has 1 N–H and O–H groups in total. The molecule has 2 aromatic rings. The highest BCUT2D eigenvalue weighted by molar-refractivity contribution is 7.80. The number of ether oxygens (including phenoxy) is 1. The minimum absolute atomic E-state index is 0.0481. The Kier molecular flexibility index (Phi) is 6.41. The standard InChI is InChI=1S/C23H33N5OS/c1-23(2,3)27-12-8-18(17-27)21-20(19-7-4-5-9-24-19)25-22(30)28(21)11-6-10-26-13-15-29-16-14-26/h4-5,7-9,12,17,20-21H,6,10-11,13-16H2,1-3H3,(H,25,30). The van der Waals surface area contributed by atoms with Crippen LogP contribution in [-0.4, -0.2) is 63.9 Å². The monoisotopic (exact) mass is 427 g/mol. The number of nitrogens with one attached hydrogen (secondary N) is 1. The van der Waals surface area contributed by atoms with Gasteiger partial charge in [0.25, 0.3) is 0 Å². The second-order valence-electron chi connectivity index (χ2n) is 9.15. The van der Waals surface area contributed by atoms with Crippen LogP contribution >= 0.6 is 12.2 Å². The Hall–Kier alpha value is -1.96. The van der Waals surface area contributed by atoms with E-state index < -0.39 is 0 Å². The first-order chi connectivity index (χ1) is 14.4. The summed E-state index contributed by atoms with van der Waals surface area (Å²) in [6.45, 7) is 12.4. The van der Waals surface area contributed by atoms with Crippen molar-refractivity contribution in [2.75, 3.05) is 39.4 Å². The Morgan fingerprint density at radius 2 is 1.97 bits per heavy atom. The van der Waals surface area contributed by atoms with Crippen molar-refractivity contribution in [3.05, 3.63) is 54.1 Å². The molecule has 162 valence electrons. The van der Waals surface area contributed by atoms with E-state index in [4.69, 9.17) is 17.0 Å². The van der Waals surface area contributed by atoms with Gasteiger partial charge in [0, 0.05) is 50.3 Å². The smallest absolute Gasteiger partial charge is 0.170 e. The number of thiocarbonyl (C=S) groups is 1. The van der Waals surface area contributed by atoms with E-state index >= 15 is 0 Å². The van der Waals surface area contributed by atoms with Crippen molar-refractivity contribution in [1.29, 1.82) is 0 Å². The van der Waals surface area contributed by atoms with Gasteiger partial charge in [-0.1, -0.05) is 6.07 Å². The lowest BCUT2D eigenvalue weighted by atomic mass is 9.99. The molecule has 2 atom stereocenters. The van der Waals surface area contributed by atoms with Crippen LogP contribution in [0.2, 0.25) is 0 Å². The lowest BCUT2D eigenvalue weighted by molar-refractivity contribution is 0.0365. The van der Waals surface area contributed by atoms with Crippen LogP contribution in [-0.2, 0) is 10.3 Å². The highest BCUT2D eigenvalue weighted by atomic mass is 32.1. The minimum atomic E-state index is 0.0481. The molecule has 2 aromatic heterocycles. The molecule has 2 aliphatic heterocycles. The SMILES string of the molecule is CC(C)(C)n1ccc(C2C(c3ccccn3)NC(=S)N2CCCN2CCOCC2)c1. The zero-order valence-corrected chi connectivity index (χ0v) is 19.1. The van der Waals surface area contributed by atoms with E-state index in [0.717, 1.165) is 56.6 Å². The summed E-state index contributed by atoms with van der Waals surface area (Å²) < 4.78 is 7.75. The van der Waals surface area contributed by atoms with E-state index in [1.54, 1.807) is 0 Å². The molecule has 7 heteroatoms. The maximum atomic E-state index is 5.79. The molecule has 0 aromatic carbocycles. The maximum Gasteiger partial charge on any atom is 0.170 e. The summed E-state index contributed by atoms with van der Waals surface area (Å²) in [7, 11) is 0. The normalized spacial score (nSPS) is 23.0. The Morgan fingerprint density at radius 1 is 1.17 bits per heavy atom. The highest BCUT2D eigenvalue weighted by Crippen LogP contribution is 2.39. The van der Waals surface area contributed by atoms with Crippen LogP contribution in [0, 0.1) is 0 Å². The summed E-state index contributed by atoms with van der Waals surface area (Å²) in [6.07, 6.45) is 7.38. The zero-order valence-electron chi connectivity index (χ0n) is 18.3. The van der Waals surface area contributed by atoms with Gasteiger partial charge in [-0.05, 0) is 63.2 Å². The predicted octanol–water partition coefficient (Wildman–Crippen LogP) is 3.33. The van der Waals surface area contributed by atoms with Gasteiger partial charge in [0.2, 0.25) is 0 Å². The number of pyridine rings is 1. The molecule has 2 saturated heterocycles. The molecule has 2 fully saturated rings. The van der Waals surface area contributed by atoms with Gasteiger partial charge in [0.05, 0.1) is 31.0 Å². The van der Waals surface area contributed by atoms with E-state index in [-0.39, 0.29) is 17.6 Å². The lowest BCUT2D eigenvalue weighted by Crippen LogP contribution is -2.38.